The number of nitrogens with one attached hydrogen (secondary N) is 1. The van der Waals surface area contributed by atoms with Crippen LogP contribution in [0.4, 0.5) is 0 Å². The van der Waals surface area contributed by atoms with Crippen LogP contribution in [0, 0.1) is 0 Å². The van der Waals surface area contributed by atoms with Gasteiger partial charge >= 0.3 is 0 Å². The highest BCUT2D eigenvalue weighted by Gasteiger charge is 2.58. The number of hydrogen-bond donors (Lipinski definition) is 18. The van der Waals surface area contributed by atoms with E-state index in [0.29, 0.717) is 0 Å². The molecule has 6 rings (SSSR count). The number of hydrogen-bond acceptors (Lipinski definition) is 29. The summed E-state index contributed by atoms with van der Waals surface area (Å²) in [7, 11) is 0. The first kappa shape index (κ1) is 55.7. The lowest BCUT2D eigenvalue weighted by Gasteiger charge is -2.52. The molecular formula is C38H65NO29. The van der Waals surface area contributed by atoms with E-state index in [0.717, 1.165) is 6.92 Å². The van der Waals surface area contributed by atoms with Crippen molar-refractivity contribution in [1.29, 1.82) is 0 Å². The van der Waals surface area contributed by atoms with Gasteiger partial charge in [0.2, 0.25) is 5.91 Å². The molecule has 1 amide bonds. The van der Waals surface area contributed by atoms with Crippen LogP contribution >= 0.6 is 0 Å². The van der Waals surface area contributed by atoms with E-state index in [9.17, 15) is 91.6 Å². The molecule has 396 valence electrons. The van der Waals surface area contributed by atoms with Crippen molar-refractivity contribution in [2.45, 2.75) is 205 Å². The summed E-state index contributed by atoms with van der Waals surface area (Å²) in [5.41, 5.74) is 0. The zero-order valence-corrected chi connectivity index (χ0v) is 36.7. The lowest BCUT2D eigenvalue weighted by molar-refractivity contribution is -0.397. The van der Waals surface area contributed by atoms with Crippen LogP contribution in [0.3, 0.4) is 0 Å². The molecule has 30 heteroatoms. The molecular weight excluding hydrogens is 934 g/mol. The van der Waals surface area contributed by atoms with E-state index in [1.807, 2.05) is 0 Å². The third kappa shape index (κ3) is 11.4. The predicted octanol–water partition coefficient (Wildman–Crippen LogP) is -11.9. The minimum Gasteiger partial charge on any atom is -0.394 e. The van der Waals surface area contributed by atoms with Gasteiger partial charge in [-0.2, -0.15) is 0 Å². The topological polar surface area (TPSA) is 475 Å². The fourth-order valence-corrected chi connectivity index (χ4v) is 8.79. The number of aliphatic hydroxyl groups is 17. The Morgan fingerprint density at radius 3 is 1.24 bits per heavy atom. The highest BCUT2D eigenvalue weighted by molar-refractivity contribution is 5.73. The van der Waals surface area contributed by atoms with Gasteiger partial charge in [-0.15, -0.1) is 0 Å². The van der Waals surface area contributed by atoms with E-state index in [-0.39, 0.29) is 0 Å². The number of amides is 1. The van der Waals surface area contributed by atoms with E-state index in [2.05, 4.69) is 5.32 Å². The zero-order chi connectivity index (χ0) is 50.2. The van der Waals surface area contributed by atoms with Crippen molar-refractivity contribution < 1.29 is 144 Å². The smallest absolute Gasteiger partial charge is 0.217 e. The Balaban J connectivity index is 1.33. The second-order valence-electron chi connectivity index (χ2n) is 17.5. The average Bonchev–Trinajstić information content (AvgIpc) is 3.31. The first-order chi connectivity index (χ1) is 32.1. The van der Waals surface area contributed by atoms with Gasteiger partial charge in [0.05, 0.1) is 38.6 Å². The maximum absolute atomic E-state index is 12.9. The van der Waals surface area contributed by atoms with Gasteiger partial charge in [-0.3, -0.25) is 4.79 Å². The molecule has 30 atom stereocenters. The van der Waals surface area contributed by atoms with Gasteiger partial charge in [0.1, 0.15) is 134 Å². The van der Waals surface area contributed by atoms with E-state index in [1.165, 1.54) is 13.8 Å². The number of carbonyl (C=O) groups excluding carboxylic acids is 1. The molecule has 0 aromatic carbocycles. The van der Waals surface area contributed by atoms with Crippen LogP contribution in [0.5, 0.6) is 0 Å². The van der Waals surface area contributed by atoms with Crippen molar-refractivity contribution in [2.75, 3.05) is 26.4 Å². The monoisotopic (exact) mass is 999 g/mol. The van der Waals surface area contributed by atoms with Crippen molar-refractivity contribution in [3.05, 3.63) is 0 Å². The van der Waals surface area contributed by atoms with Crippen LogP contribution < -0.4 is 5.32 Å². The number of aliphatic hydroxyl groups excluding tert-OH is 17. The minimum absolute atomic E-state index is 0.873. The van der Waals surface area contributed by atoms with Gasteiger partial charge in [0.25, 0.3) is 0 Å². The van der Waals surface area contributed by atoms with Crippen molar-refractivity contribution in [1.82, 2.24) is 5.32 Å². The summed E-state index contributed by atoms with van der Waals surface area (Å²) in [6.07, 6.45) is -53.6. The summed E-state index contributed by atoms with van der Waals surface area (Å²) in [5.74, 6) is -0.873. The molecule has 30 nitrogen and oxygen atoms in total. The number of rotatable bonds is 15. The van der Waals surface area contributed by atoms with Crippen LogP contribution in [-0.2, 0) is 56.9 Å². The molecule has 6 saturated heterocycles. The molecule has 0 aromatic rings. The molecule has 6 fully saturated rings. The van der Waals surface area contributed by atoms with Gasteiger partial charge in [-0.05, 0) is 13.8 Å². The highest BCUT2D eigenvalue weighted by atomic mass is 16.8. The SMILES string of the molecule is CC(=O)N[C@H]1[C@H](O[C@H]2[C@@H](O)[C@@H](CO)O[C@@H](O[C@H]3[C@H](O[C@@H]4O[C@@H](C)[C@@H](O)[C@@H](O)[C@@H]4O)[C@@H](O)C(O)O[C@@H]3CO)[C@@H]2O)O[C@H](CO)[C@@H](O[C@@H]2O[C@@H](C)[C@@H](O)[C@@H](O)[C@@H]2O)[C@@H]1O[C@@H]1O[C@H](CO)[C@H](O)[C@H](O)[C@H]1O. The van der Waals surface area contributed by atoms with E-state index >= 15 is 0 Å². The van der Waals surface area contributed by atoms with Crippen LogP contribution in [0.25, 0.3) is 0 Å². The second-order valence-corrected chi connectivity index (χ2v) is 17.5. The van der Waals surface area contributed by atoms with Gasteiger partial charge in [0, 0.05) is 6.92 Å². The summed E-state index contributed by atoms with van der Waals surface area (Å²) < 4.78 is 63.6. The average molecular weight is 1000 g/mol. The summed E-state index contributed by atoms with van der Waals surface area (Å²) in [6.45, 7) is -0.333. The Morgan fingerprint density at radius 1 is 0.382 bits per heavy atom. The van der Waals surface area contributed by atoms with Gasteiger partial charge in [-0.1, -0.05) is 0 Å². The van der Waals surface area contributed by atoms with Crippen molar-refractivity contribution in [3.63, 3.8) is 0 Å². The molecule has 0 spiro atoms. The van der Waals surface area contributed by atoms with E-state index < -0.39 is 217 Å². The summed E-state index contributed by atoms with van der Waals surface area (Å²) >= 11 is 0. The van der Waals surface area contributed by atoms with Gasteiger partial charge in [-0.25, -0.2) is 0 Å². The van der Waals surface area contributed by atoms with Crippen molar-refractivity contribution >= 4 is 5.91 Å². The molecule has 0 aliphatic carbocycles. The lowest BCUT2D eigenvalue weighted by atomic mass is 9.93. The van der Waals surface area contributed by atoms with Gasteiger partial charge in [0.15, 0.2) is 37.7 Å². The predicted molar refractivity (Wildman–Crippen MR) is 208 cm³/mol. The molecule has 0 radical (unpaired) electrons. The Labute approximate surface area is 386 Å². The van der Waals surface area contributed by atoms with Crippen LogP contribution in [0.15, 0.2) is 0 Å². The quantitative estimate of drug-likeness (QED) is 0.0724. The first-order valence-corrected chi connectivity index (χ1v) is 21.8. The molecule has 1 unspecified atom stereocenters. The Hall–Kier alpha value is -1.65. The second kappa shape index (κ2) is 23.5. The minimum atomic E-state index is -2.24. The fourth-order valence-electron chi connectivity index (χ4n) is 8.79. The largest absolute Gasteiger partial charge is 0.394 e. The molecule has 6 heterocycles. The highest BCUT2D eigenvalue weighted by Crippen LogP contribution is 2.38. The van der Waals surface area contributed by atoms with E-state index in [4.69, 9.17) is 52.1 Å². The Bertz CT molecular complexity index is 1590. The zero-order valence-electron chi connectivity index (χ0n) is 36.7. The van der Waals surface area contributed by atoms with E-state index in [1.54, 1.807) is 0 Å². The third-order valence-corrected chi connectivity index (χ3v) is 12.8. The number of carbonyl (C=O) groups is 1. The molecule has 0 bridgehead atoms. The first-order valence-electron chi connectivity index (χ1n) is 21.8. The summed E-state index contributed by atoms with van der Waals surface area (Å²) in [5, 5.41) is 184. The van der Waals surface area contributed by atoms with Crippen LogP contribution in [0.2, 0.25) is 0 Å². The summed E-state index contributed by atoms with van der Waals surface area (Å²) in [4.78, 5) is 12.9. The molecule has 68 heavy (non-hydrogen) atoms. The van der Waals surface area contributed by atoms with Crippen LogP contribution in [0.1, 0.15) is 20.8 Å². The molecule has 0 saturated carbocycles. The van der Waals surface area contributed by atoms with Gasteiger partial charge < -0.3 is 144 Å². The Morgan fingerprint density at radius 2 is 0.750 bits per heavy atom. The van der Waals surface area contributed by atoms with Crippen molar-refractivity contribution in [3.8, 4) is 0 Å². The third-order valence-electron chi connectivity index (χ3n) is 12.8. The standard InChI is InChI=1S/C38H65NO29/c1-8-16(45)20(49)23(52)35(58-8)64-28-14(7-43)63-34(15(39-10(3)44)30(28)66-37-25(54)22(51)18(47)11(4-40)61-37)67-31-19(48)12(5-41)62-38(27(31)56)65-29-13(6-42)60-33(57)26(55)32(29)68-36-24(53)21(50)17(46)9(2)59-36/h8-9,11-38,40-43,45-57H,4-7H2,1-3H3,(H,39,44)/t8-,9-,11+,12+,13+,14+,15+,16+,17+,18-,19-,20+,21+,22-,23-,24-,25+,26+,27+,28+,29+,30+,31-,32+,33?,34-,35-,36-,37-,38-/m0/s1. The maximum atomic E-state index is 12.9. The fraction of sp³-hybridized carbons (Fsp3) is 0.974. The molecule has 18 N–H and O–H groups in total. The summed E-state index contributed by atoms with van der Waals surface area (Å²) in [6, 6.07) is -1.81. The Kier molecular flexibility index (Phi) is 19.2. The number of ether oxygens (including phenoxy) is 11. The maximum Gasteiger partial charge on any atom is 0.217 e. The molecule has 6 aliphatic rings. The molecule has 0 aromatic heterocycles. The van der Waals surface area contributed by atoms with Crippen molar-refractivity contribution in [2.24, 2.45) is 0 Å². The van der Waals surface area contributed by atoms with Crippen LogP contribution in [-0.4, -0.2) is 303 Å². The normalized spacial score (nSPS) is 52.6. The lowest BCUT2D eigenvalue weighted by Crippen LogP contribution is -2.71. The molecule has 6 aliphatic heterocycles.